The third-order valence-electron chi connectivity index (χ3n) is 2.97. The van der Waals surface area contributed by atoms with Gasteiger partial charge in [0.05, 0.1) is 6.54 Å². The molecule has 0 aromatic rings. The predicted molar refractivity (Wildman–Crippen MR) is 75.7 cm³/mol. The molecule has 1 amide bonds. The number of amides is 1. The minimum absolute atomic E-state index is 0.231. The average molecular weight is 287 g/mol. The fraction of sp³-hybridized carbons (Fsp3) is 0.833. The summed E-state index contributed by atoms with van der Waals surface area (Å²) < 4.78 is 0. The van der Waals surface area contributed by atoms with Gasteiger partial charge in [0, 0.05) is 52.4 Å². The Bertz CT molecular complexity index is 289. The summed E-state index contributed by atoms with van der Waals surface area (Å²) in [6, 6.07) is 0. The third-order valence-corrected chi connectivity index (χ3v) is 2.97. The van der Waals surface area contributed by atoms with E-state index in [0.29, 0.717) is 0 Å². The summed E-state index contributed by atoms with van der Waals surface area (Å²) in [7, 11) is 0. The van der Waals surface area contributed by atoms with Crippen LogP contribution in [-0.4, -0.2) is 87.3 Å². The molecule has 1 heterocycles. The largest absolute Gasteiger partial charge is 0.480 e. The number of nitrogens with one attached hydrogen (secondary N) is 4. The topological polar surface area (TPSA) is 106 Å². The van der Waals surface area contributed by atoms with Crippen LogP contribution in [0.15, 0.2) is 0 Å². The number of nitrogens with zero attached hydrogens (tertiary/aromatic N) is 1. The molecule has 8 heteroatoms. The quantitative estimate of drug-likeness (QED) is 0.382. The van der Waals surface area contributed by atoms with Crippen LogP contribution >= 0.6 is 0 Å². The first-order valence-electron chi connectivity index (χ1n) is 7.01. The second-order valence-electron chi connectivity index (χ2n) is 4.70. The first kappa shape index (κ1) is 16.8. The lowest BCUT2D eigenvalue weighted by atomic mass is 10.4. The lowest BCUT2D eigenvalue weighted by Crippen LogP contribution is -2.45. The van der Waals surface area contributed by atoms with Crippen molar-refractivity contribution in [2.75, 3.05) is 65.4 Å². The monoisotopic (exact) mass is 287 g/mol. The molecule has 0 atom stereocenters. The zero-order chi connectivity index (χ0) is 14.6. The second kappa shape index (κ2) is 10.6. The molecule has 1 aliphatic rings. The number of carboxylic acids is 1. The summed E-state index contributed by atoms with van der Waals surface area (Å²) >= 11 is 0. The molecule has 1 aliphatic heterocycles. The lowest BCUT2D eigenvalue weighted by molar-refractivity contribution is -0.138. The highest BCUT2D eigenvalue weighted by Gasteiger charge is 2.11. The van der Waals surface area contributed by atoms with E-state index in [1.807, 2.05) is 4.90 Å². The van der Waals surface area contributed by atoms with Crippen molar-refractivity contribution >= 4 is 11.9 Å². The molecule has 0 aromatic carbocycles. The van der Waals surface area contributed by atoms with Gasteiger partial charge in [-0.1, -0.05) is 0 Å². The van der Waals surface area contributed by atoms with Gasteiger partial charge in [-0.2, -0.15) is 0 Å². The summed E-state index contributed by atoms with van der Waals surface area (Å²) in [5, 5.41) is 20.8. The van der Waals surface area contributed by atoms with E-state index in [4.69, 9.17) is 5.11 Å². The molecule has 0 bridgehead atoms. The number of carbonyl (C=O) groups excluding carboxylic acids is 1. The molecular formula is C12H25N5O3. The summed E-state index contributed by atoms with van der Waals surface area (Å²) in [4.78, 5) is 24.0. The Balaban J connectivity index is 2.30. The lowest BCUT2D eigenvalue weighted by Gasteiger charge is -2.23. The number of hydrogen-bond donors (Lipinski definition) is 5. The summed E-state index contributed by atoms with van der Waals surface area (Å²) in [6.45, 7) is 6.73. The van der Waals surface area contributed by atoms with Crippen molar-refractivity contribution < 1.29 is 14.7 Å². The molecule has 0 unspecified atom stereocenters. The van der Waals surface area contributed by atoms with Crippen molar-refractivity contribution in [3.63, 3.8) is 0 Å². The van der Waals surface area contributed by atoms with Crippen molar-refractivity contribution in [1.29, 1.82) is 0 Å². The van der Waals surface area contributed by atoms with E-state index < -0.39 is 5.97 Å². The highest BCUT2D eigenvalue weighted by molar-refractivity contribution is 5.82. The number of carboxylic acid groups (broad SMARTS) is 1. The summed E-state index contributed by atoms with van der Waals surface area (Å²) in [5.41, 5.74) is 0. The predicted octanol–water partition coefficient (Wildman–Crippen LogP) is -2.73. The molecule has 5 N–H and O–H groups in total. The molecular weight excluding hydrogens is 262 g/mol. The number of rotatable bonds is 4. The van der Waals surface area contributed by atoms with Gasteiger partial charge in [-0.15, -0.1) is 0 Å². The van der Waals surface area contributed by atoms with E-state index in [1.54, 1.807) is 0 Å². The molecule has 1 fully saturated rings. The maximum Gasteiger partial charge on any atom is 0.322 e. The van der Waals surface area contributed by atoms with Crippen LogP contribution in [0.5, 0.6) is 0 Å². The Kier molecular flexibility index (Phi) is 8.88. The molecule has 116 valence electrons. The van der Waals surface area contributed by atoms with Crippen LogP contribution in [-0.2, 0) is 9.59 Å². The SMILES string of the molecule is O=C(O)CNC(=O)CN1CCNCCNCCNCC1. The van der Waals surface area contributed by atoms with Crippen molar-refractivity contribution in [1.82, 2.24) is 26.2 Å². The molecule has 0 spiro atoms. The molecule has 8 nitrogen and oxygen atoms in total. The van der Waals surface area contributed by atoms with Crippen LogP contribution in [0.1, 0.15) is 0 Å². The maximum atomic E-state index is 11.6. The van der Waals surface area contributed by atoms with E-state index in [1.165, 1.54) is 0 Å². The van der Waals surface area contributed by atoms with Crippen molar-refractivity contribution in [2.45, 2.75) is 0 Å². The fourth-order valence-electron chi connectivity index (χ4n) is 1.91. The standard InChI is InChI=1S/C12H25N5O3/c18-11(16-9-12(19)20)10-17-7-5-14-3-1-13-2-4-15-6-8-17/h13-15H,1-10H2,(H,16,18)(H,19,20). The molecule has 0 radical (unpaired) electrons. The van der Waals surface area contributed by atoms with Crippen LogP contribution in [0.2, 0.25) is 0 Å². The van der Waals surface area contributed by atoms with Crippen LogP contribution in [0.25, 0.3) is 0 Å². The van der Waals surface area contributed by atoms with Crippen LogP contribution in [0.3, 0.4) is 0 Å². The van der Waals surface area contributed by atoms with E-state index in [0.717, 1.165) is 52.4 Å². The minimum atomic E-state index is -1.03. The highest BCUT2D eigenvalue weighted by atomic mass is 16.4. The van der Waals surface area contributed by atoms with Gasteiger partial charge in [-0.05, 0) is 0 Å². The van der Waals surface area contributed by atoms with Gasteiger partial charge in [0.2, 0.25) is 5.91 Å². The number of hydrogen-bond acceptors (Lipinski definition) is 6. The Morgan fingerprint density at radius 2 is 1.45 bits per heavy atom. The fourth-order valence-corrected chi connectivity index (χ4v) is 1.91. The smallest absolute Gasteiger partial charge is 0.322 e. The Labute approximate surface area is 119 Å². The first-order valence-corrected chi connectivity index (χ1v) is 7.01. The van der Waals surface area contributed by atoms with Crippen molar-refractivity contribution in [2.24, 2.45) is 0 Å². The minimum Gasteiger partial charge on any atom is -0.480 e. The van der Waals surface area contributed by atoms with E-state index in [2.05, 4.69) is 21.3 Å². The zero-order valence-corrected chi connectivity index (χ0v) is 11.8. The van der Waals surface area contributed by atoms with Gasteiger partial charge in [0.15, 0.2) is 0 Å². The zero-order valence-electron chi connectivity index (χ0n) is 11.8. The number of aliphatic carboxylic acids is 1. The van der Waals surface area contributed by atoms with Gasteiger partial charge >= 0.3 is 5.97 Å². The molecule has 0 saturated carbocycles. The van der Waals surface area contributed by atoms with Crippen LogP contribution < -0.4 is 21.3 Å². The van der Waals surface area contributed by atoms with E-state index >= 15 is 0 Å². The maximum absolute atomic E-state index is 11.6. The molecule has 0 aliphatic carbocycles. The van der Waals surface area contributed by atoms with Crippen molar-refractivity contribution in [3.8, 4) is 0 Å². The molecule has 20 heavy (non-hydrogen) atoms. The summed E-state index contributed by atoms with van der Waals surface area (Å²) in [5.74, 6) is -1.27. The Morgan fingerprint density at radius 3 is 1.95 bits per heavy atom. The molecule has 0 aromatic heterocycles. The Morgan fingerprint density at radius 1 is 0.950 bits per heavy atom. The Hall–Kier alpha value is -1.22. The number of carbonyl (C=O) groups is 2. The normalized spacial score (nSPS) is 19.6. The van der Waals surface area contributed by atoms with Crippen molar-refractivity contribution in [3.05, 3.63) is 0 Å². The van der Waals surface area contributed by atoms with Gasteiger partial charge in [-0.3, -0.25) is 14.5 Å². The third kappa shape index (κ3) is 8.81. The van der Waals surface area contributed by atoms with Gasteiger partial charge in [0.25, 0.3) is 0 Å². The van der Waals surface area contributed by atoms with Gasteiger partial charge < -0.3 is 26.4 Å². The van der Waals surface area contributed by atoms with Crippen LogP contribution in [0.4, 0.5) is 0 Å². The van der Waals surface area contributed by atoms with E-state index in [-0.39, 0.29) is 19.0 Å². The molecule has 1 saturated heterocycles. The highest BCUT2D eigenvalue weighted by Crippen LogP contribution is 1.87. The average Bonchev–Trinajstić information content (AvgIpc) is 2.39. The van der Waals surface area contributed by atoms with Gasteiger partial charge in [0.1, 0.15) is 6.54 Å². The van der Waals surface area contributed by atoms with Gasteiger partial charge in [-0.25, -0.2) is 0 Å². The first-order chi connectivity index (χ1) is 9.68. The second-order valence-corrected chi connectivity index (χ2v) is 4.70. The van der Waals surface area contributed by atoms with Crippen LogP contribution in [0, 0.1) is 0 Å². The summed E-state index contributed by atoms with van der Waals surface area (Å²) in [6.07, 6.45) is 0. The molecule has 1 rings (SSSR count). The van der Waals surface area contributed by atoms with E-state index in [9.17, 15) is 9.59 Å².